The molecule has 6 nitrogen and oxygen atoms in total. The molecule has 3 aromatic rings. The lowest BCUT2D eigenvalue weighted by Crippen LogP contribution is -2.46. The molecule has 0 unspecified atom stereocenters. The Labute approximate surface area is 172 Å². The van der Waals surface area contributed by atoms with Gasteiger partial charge in [0, 0.05) is 42.4 Å². The summed E-state index contributed by atoms with van der Waals surface area (Å²) in [5, 5.41) is 2.86. The van der Waals surface area contributed by atoms with Gasteiger partial charge in [0.05, 0.1) is 5.56 Å². The van der Waals surface area contributed by atoms with Crippen LogP contribution in [0, 0.1) is 0 Å². The van der Waals surface area contributed by atoms with Crippen LogP contribution >= 0.6 is 15.9 Å². The van der Waals surface area contributed by atoms with Gasteiger partial charge in [-0.05, 0) is 40.2 Å². The number of benzene rings is 2. The van der Waals surface area contributed by atoms with Crippen LogP contribution in [-0.4, -0.2) is 42.1 Å². The Morgan fingerprint density at radius 3 is 2.32 bits per heavy atom. The maximum atomic E-state index is 12.5. The number of para-hydroxylation sites is 1. The highest BCUT2D eigenvalue weighted by atomic mass is 79.9. The summed E-state index contributed by atoms with van der Waals surface area (Å²) in [5.41, 5.74) is 1.81. The van der Waals surface area contributed by atoms with Gasteiger partial charge in [-0.25, -0.2) is 9.97 Å². The minimum absolute atomic E-state index is 0.203. The molecule has 0 saturated carbocycles. The average molecular weight is 438 g/mol. The molecule has 2 aromatic carbocycles. The number of aromatic nitrogens is 2. The number of hydrogen-bond donors (Lipinski definition) is 1. The molecule has 1 amide bonds. The molecule has 142 valence electrons. The number of piperazine rings is 1. The van der Waals surface area contributed by atoms with E-state index in [9.17, 15) is 4.79 Å². The number of carbonyl (C=O) groups excluding carboxylic acids is 1. The monoisotopic (exact) mass is 437 g/mol. The van der Waals surface area contributed by atoms with Crippen LogP contribution in [0.2, 0.25) is 0 Å². The number of carbonyl (C=O) groups is 1. The molecule has 0 atom stereocenters. The Morgan fingerprint density at radius 1 is 0.893 bits per heavy atom. The zero-order valence-corrected chi connectivity index (χ0v) is 16.8. The lowest BCUT2D eigenvalue weighted by Gasteiger charge is -2.36. The van der Waals surface area contributed by atoms with E-state index in [1.54, 1.807) is 6.07 Å². The van der Waals surface area contributed by atoms with Crippen molar-refractivity contribution in [3.63, 3.8) is 0 Å². The van der Waals surface area contributed by atoms with Crippen LogP contribution < -0.4 is 15.1 Å². The summed E-state index contributed by atoms with van der Waals surface area (Å²) in [6, 6.07) is 19.6. The van der Waals surface area contributed by atoms with Crippen LogP contribution in [0.15, 0.2) is 71.5 Å². The van der Waals surface area contributed by atoms with E-state index in [0.717, 1.165) is 36.5 Å². The van der Waals surface area contributed by atoms with E-state index in [2.05, 4.69) is 65.3 Å². The van der Waals surface area contributed by atoms with Crippen LogP contribution in [0.1, 0.15) is 10.4 Å². The Morgan fingerprint density at radius 2 is 1.57 bits per heavy atom. The van der Waals surface area contributed by atoms with Gasteiger partial charge in [0.2, 0.25) is 0 Å². The van der Waals surface area contributed by atoms with Crippen molar-refractivity contribution in [1.82, 2.24) is 9.97 Å². The van der Waals surface area contributed by atoms with Crippen molar-refractivity contribution in [3.8, 4) is 0 Å². The fourth-order valence-electron chi connectivity index (χ4n) is 3.25. The molecule has 1 aliphatic rings. The van der Waals surface area contributed by atoms with Crippen molar-refractivity contribution in [3.05, 3.63) is 77.0 Å². The zero-order chi connectivity index (χ0) is 19.3. The molecule has 0 radical (unpaired) electrons. The fourth-order valence-corrected chi connectivity index (χ4v) is 3.71. The van der Waals surface area contributed by atoms with E-state index in [1.165, 1.54) is 12.0 Å². The van der Waals surface area contributed by atoms with E-state index >= 15 is 0 Å². The Bertz CT molecular complexity index is 958. The normalized spacial score (nSPS) is 14.0. The quantitative estimate of drug-likeness (QED) is 0.671. The third-order valence-electron chi connectivity index (χ3n) is 4.74. The minimum Gasteiger partial charge on any atom is -0.368 e. The first-order valence-corrected chi connectivity index (χ1v) is 9.93. The predicted octanol–water partition coefficient (Wildman–Crippen LogP) is 3.82. The first-order valence-electron chi connectivity index (χ1n) is 9.13. The molecule has 2 heterocycles. The first-order chi connectivity index (χ1) is 13.7. The lowest BCUT2D eigenvalue weighted by molar-refractivity contribution is 0.102. The molecule has 4 rings (SSSR count). The molecule has 0 aliphatic carbocycles. The van der Waals surface area contributed by atoms with Crippen molar-refractivity contribution in [2.75, 3.05) is 41.3 Å². The van der Waals surface area contributed by atoms with Crippen LogP contribution in [0.25, 0.3) is 0 Å². The summed E-state index contributed by atoms with van der Waals surface area (Å²) in [4.78, 5) is 25.7. The van der Waals surface area contributed by atoms with E-state index in [0.29, 0.717) is 11.4 Å². The molecule has 7 heteroatoms. The zero-order valence-electron chi connectivity index (χ0n) is 15.3. The fraction of sp³-hybridized carbons (Fsp3) is 0.190. The highest BCUT2D eigenvalue weighted by Crippen LogP contribution is 2.21. The molecular weight excluding hydrogens is 418 g/mol. The van der Waals surface area contributed by atoms with Gasteiger partial charge in [-0.15, -0.1) is 0 Å². The van der Waals surface area contributed by atoms with Gasteiger partial charge >= 0.3 is 0 Å². The number of halogens is 1. The highest BCUT2D eigenvalue weighted by molar-refractivity contribution is 9.10. The predicted molar refractivity (Wildman–Crippen MR) is 115 cm³/mol. The Kier molecular flexibility index (Phi) is 5.53. The molecule has 1 saturated heterocycles. The van der Waals surface area contributed by atoms with E-state index < -0.39 is 0 Å². The number of amides is 1. The van der Waals surface area contributed by atoms with Gasteiger partial charge in [-0.2, -0.15) is 0 Å². The van der Waals surface area contributed by atoms with Crippen LogP contribution in [0.3, 0.4) is 0 Å². The smallest absolute Gasteiger partial charge is 0.257 e. The molecule has 1 aliphatic heterocycles. The SMILES string of the molecule is O=C(Nc1cc(N2CCN(c3ccccc3)CC2)ncn1)c1ccccc1Br. The van der Waals surface area contributed by atoms with E-state index in [-0.39, 0.29) is 5.91 Å². The summed E-state index contributed by atoms with van der Waals surface area (Å²) >= 11 is 3.41. The second-order valence-electron chi connectivity index (χ2n) is 6.51. The first kappa shape index (κ1) is 18.4. The van der Waals surface area contributed by atoms with Crippen molar-refractivity contribution >= 4 is 39.2 Å². The Balaban J connectivity index is 1.42. The number of hydrogen-bond acceptors (Lipinski definition) is 5. The molecule has 0 spiro atoms. The number of nitrogens with one attached hydrogen (secondary N) is 1. The largest absolute Gasteiger partial charge is 0.368 e. The van der Waals surface area contributed by atoms with Gasteiger partial charge in [-0.3, -0.25) is 4.79 Å². The molecule has 28 heavy (non-hydrogen) atoms. The molecule has 0 bridgehead atoms. The van der Waals surface area contributed by atoms with Crippen molar-refractivity contribution in [1.29, 1.82) is 0 Å². The molecule has 1 aromatic heterocycles. The summed E-state index contributed by atoms with van der Waals surface area (Å²) in [7, 11) is 0. The van der Waals surface area contributed by atoms with Crippen LogP contribution in [0.5, 0.6) is 0 Å². The van der Waals surface area contributed by atoms with Gasteiger partial charge in [0.15, 0.2) is 0 Å². The summed E-state index contributed by atoms with van der Waals surface area (Å²) in [5.74, 6) is 1.12. The summed E-state index contributed by atoms with van der Waals surface area (Å²) < 4.78 is 0.749. The number of nitrogens with zero attached hydrogens (tertiary/aromatic N) is 4. The van der Waals surface area contributed by atoms with Crippen molar-refractivity contribution in [2.24, 2.45) is 0 Å². The van der Waals surface area contributed by atoms with Gasteiger partial charge in [-0.1, -0.05) is 30.3 Å². The van der Waals surface area contributed by atoms with Crippen molar-refractivity contribution < 1.29 is 4.79 Å². The summed E-state index contributed by atoms with van der Waals surface area (Å²) in [6.45, 7) is 3.58. The number of rotatable bonds is 4. The van der Waals surface area contributed by atoms with E-state index in [4.69, 9.17) is 0 Å². The maximum Gasteiger partial charge on any atom is 0.257 e. The lowest BCUT2D eigenvalue weighted by atomic mass is 10.2. The molecular formula is C21H20BrN5O. The summed E-state index contributed by atoms with van der Waals surface area (Å²) in [6.07, 6.45) is 1.49. The Hall–Kier alpha value is -2.93. The second kappa shape index (κ2) is 8.39. The van der Waals surface area contributed by atoms with Gasteiger partial charge in [0.25, 0.3) is 5.91 Å². The van der Waals surface area contributed by atoms with E-state index in [1.807, 2.05) is 30.3 Å². The molecule has 1 fully saturated rings. The maximum absolute atomic E-state index is 12.5. The minimum atomic E-state index is -0.203. The van der Waals surface area contributed by atoms with Crippen LogP contribution in [-0.2, 0) is 0 Å². The van der Waals surface area contributed by atoms with Gasteiger partial charge < -0.3 is 15.1 Å². The topological polar surface area (TPSA) is 61.4 Å². The highest BCUT2D eigenvalue weighted by Gasteiger charge is 2.19. The van der Waals surface area contributed by atoms with Crippen molar-refractivity contribution in [2.45, 2.75) is 0 Å². The second-order valence-corrected chi connectivity index (χ2v) is 7.36. The average Bonchev–Trinajstić information content (AvgIpc) is 2.75. The number of anilines is 3. The standard InChI is InChI=1S/C21H20BrN5O/c22-18-9-5-4-8-17(18)21(28)25-19-14-20(24-15-23-19)27-12-10-26(11-13-27)16-6-2-1-3-7-16/h1-9,14-15H,10-13H2,(H,23,24,25,28). The third-order valence-corrected chi connectivity index (χ3v) is 5.43. The van der Waals surface area contributed by atoms with Gasteiger partial charge in [0.1, 0.15) is 18.0 Å². The molecule has 1 N–H and O–H groups in total. The van der Waals surface area contributed by atoms with Crippen LogP contribution in [0.4, 0.5) is 17.3 Å². The third kappa shape index (κ3) is 4.14.